The molecular weight excluding hydrogens is 240 g/mol. The number of nitrogens with one attached hydrogen (secondary N) is 1. The van der Waals surface area contributed by atoms with Crippen LogP contribution in [0.5, 0.6) is 0 Å². The Balaban J connectivity index is 1.96. The van der Waals surface area contributed by atoms with Gasteiger partial charge in [-0.15, -0.1) is 0 Å². The van der Waals surface area contributed by atoms with E-state index in [0.717, 1.165) is 6.42 Å². The maximum atomic E-state index is 11.6. The van der Waals surface area contributed by atoms with Gasteiger partial charge in [0.25, 0.3) is 5.56 Å². The minimum Gasteiger partial charge on any atom is -0.312 e. The van der Waals surface area contributed by atoms with Crippen molar-refractivity contribution in [3.63, 3.8) is 0 Å². The van der Waals surface area contributed by atoms with Gasteiger partial charge in [0.1, 0.15) is 0 Å². The molecule has 0 saturated carbocycles. The fourth-order valence-corrected chi connectivity index (χ4v) is 2.24. The minimum absolute atomic E-state index is 0.196. The van der Waals surface area contributed by atoms with Gasteiger partial charge < -0.3 is 9.55 Å². The number of imidazole rings is 1. The highest BCUT2D eigenvalue weighted by molar-refractivity contribution is 5.68. The summed E-state index contributed by atoms with van der Waals surface area (Å²) in [6, 6.07) is 10.4. The van der Waals surface area contributed by atoms with Crippen LogP contribution in [-0.4, -0.2) is 19.5 Å². The Morgan fingerprint density at radius 1 is 1.26 bits per heavy atom. The van der Waals surface area contributed by atoms with Gasteiger partial charge in [-0.3, -0.25) is 4.79 Å². The van der Waals surface area contributed by atoms with Crippen LogP contribution in [0.4, 0.5) is 0 Å². The normalized spacial score (nSPS) is 12.7. The molecule has 0 aliphatic rings. The van der Waals surface area contributed by atoms with Gasteiger partial charge in [0.15, 0.2) is 11.2 Å². The third-order valence-corrected chi connectivity index (χ3v) is 3.21. The van der Waals surface area contributed by atoms with Gasteiger partial charge in [-0.2, -0.15) is 0 Å². The van der Waals surface area contributed by atoms with E-state index in [1.54, 1.807) is 6.33 Å². The van der Waals surface area contributed by atoms with Crippen LogP contribution in [0, 0.1) is 0 Å². The first-order valence-corrected chi connectivity index (χ1v) is 6.20. The van der Waals surface area contributed by atoms with E-state index in [-0.39, 0.29) is 11.6 Å². The summed E-state index contributed by atoms with van der Waals surface area (Å²) in [6.45, 7) is 2.09. The molecule has 3 aromatic rings. The zero-order chi connectivity index (χ0) is 13.2. The number of rotatable bonds is 3. The Morgan fingerprint density at radius 3 is 2.84 bits per heavy atom. The molecule has 3 rings (SSSR count). The van der Waals surface area contributed by atoms with Crippen LogP contribution in [0.2, 0.25) is 0 Å². The molecule has 0 aliphatic carbocycles. The van der Waals surface area contributed by atoms with Crippen molar-refractivity contribution in [2.75, 3.05) is 0 Å². The van der Waals surface area contributed by atoms with Crippen LogP contribution in [0.25, 0.3) is 11.2 Å². The zero-order valence-corrected chi connectivity index (χ0v) is 10.6. The average Bonchev–Trinajstić information content (AvgIpc) is 2.85. The molecule has 0 spiro atoms. The van der Waals surface area contributed by atoms with E-state index in [0.29, 0.717) is 11.2 Å². The van der Waals surface area contributed by atoms with E-state index in [2.05, 4.69) is 34.0 Å². The van der Waals surface area contributed by atoms with Crippen LogP contribution < -0.4 is 5.56 Å². The molecule has 0 fully saturated rings. The zero-order valence-electron chi connectivity index (χ0n) is 10.6. The maximum Gasteiger partial charge on any atom is 0.278 e. The topological polar surface area (TPSA) is 63.6 Å². The fraction of sp³-hybridized carbons (Fsp3) is 0.214. The smallest absolute Gasteiger partial charge is 0.278 e. The number of hydrogen-bond acceptors (Lipinski definition) is 3. The number of hydrogen-bond donors (Lipinski definition) is 1. The van der Waals surface area contributed by atoms with Crippen LogP contribution in [0.3, 0.4) is 0 Å². The molecule has 0 bridgehead atoms. The Morgan fingerprint density at radius 2 is 2.05 bits per heavy atom. The highest BCUT2D eigenvalue weighted by atomic mass is 16.1. The third kappa shape index (κ3) is 2.14. The highest BCUT2D eigenvalue weighted by Gasteiger charge is 2.12. The predicted octanol–water partition coefficient (Wildman–Crippen LogP) is 1.92. The van der Waals surface area contributed by atoms with Gasteiger partial charge in [0.2, 0.25) is 0 Å². The molecule has 0 amide bonds. The number of H-pyrrole nitrogens is 1. The standard InChI is InChI=1S/C14H14N4O/c1-10(7-11-5-3-2-4-6-11)18-9-17-12-13(18)15-8-16-14(12)19/h2-6,8-10H,7H2,1H3,(H,15,16,19). The second-order valence-corrected chi connectivity index (χ2v) is 4.59. The molecule has 2 aromatic heterocycles. The van der Waals surface area contributed by atoms with Gasteiger partial charge in [0, 0.05) is 6.04 Å². The summed E-state index contributed by atoms with van der Waals surface area (Å²) in [7, 11) is 0. The quantitative estimate of drug-likeness (QED) is 0.776. The molecule has 96 valence electrons. The van der Waals surface area contributed by atoms with Gasteiger partial charge in [0.05, 0.1) is 12.7 Å². The minimum atomic E-state index is -0.198. The number of aromatic nitrogens is 4. The molecule has 5 nitrogen and oxygen atoms in total. The van der Waals surface area contributed by atoms with E-state index in [4.69, 9.17) is 0 Å². The maximum absolute atomic E-state index is 11.6. The van der Waals surface area contributed by atoms with E-state index in [9.17, 15) is 4.79 Å². The van der Waals surface area contributed by atoms with E-state index >= 15 is 0 Å². The van der Waals surface area contributed by atoms with Crippen LogP contribution >= 0.6 is 0 Å². The Labute approximate surface area is 110 Å². The lowest BCUT2D eigenvalue weighted by atomic mass is 10.1. The van der Waals surface area contributed by atoms with Crippen LogP contribution in [0.1, 0.15) is 18.5 Å². The van der Waals surface area contributed by atoms with E-state index < -0.39 is 0 Å². The molecule has 1 N–H and O–H groups in total. The van der Waals surface area contributed by atoms with Crippen molar-refractivity contribution in [1.82, 2.24) is 19.5 Å². The summed E-state index contributed by atoms with van der Waals surface area (Å²) in [5.74, 6) is 0. The molecule has 2 heterocycles. The van der Waals surface area contributed by atoms with Crippen molar-refractivity contribution in [2.45, 2.75) is 19.4 Å². The first-order chi connectivity index (χ1) is 9.25. The summed E-state index contributed by atoms with van der Waals surface area (Å²) >= 11 is 0. The molecule has 5 heteroatoms. The summed E-state index contributed by atoms with van der Waals surface area (Å²) < 4.78 is 1.94. The Kier molecular flexibility index (Phi) is 2.87. The third-order valence-electron chi connectivity index (χ3n) is 3.21. The second kappa shape index (κ2) is 4.68. The molecule has 0 radical (unpaired) electrons. The van der Waals surface area contributed by atoms with Crippen LogP contribution in [-0.2, 0) is 6.42 Å². The molecule has 0 saturated heterocycles. The van der Waals surface area contributed by atoms with Gasteiger partial charge >= 0.3 is 0 Å². The predicted molar refractivity (Wildman–Crippen MR) is 73.0 cm³/mol. The molecular formula is C14H14N4O. The first-order valence-electron chi connectivity index (χ1n) is 6.20. The summed E-state index contributed by atoms with van der Waals surface area (Å²) in [5, 5.41) is 0. The van der Waals surface area contributed by atoms with Crippen molar-refractivity contribution in [1.29, 1.82) is 0 Å². The molecule has 1 atom stereocenters. The highest BCUT2D eigenvalue weighted by Crippen LogP contribution is 2.17. The lowest BCUT2D eigenvalue weighted by Crippen LogP contribution is -2.11. The lowest BCUT2D eigenvalue weighted by Gasteiger charge is -2.13. The fourth-order valence-electron chi connectivity index (χ4n) is 2.24. The summed E-state index contributed by atoms with van der Waals surface area (Å²) in [5.41, 5.74) is 2.08. The van der Waals surface area contributed by atoms with E-state index in [1.807, 2.05) is 22.8 Å². The van der Waals surface area contributed by atoms with Crippen molar-refractivity contribution >= 4 is 11.2 Å². The first kappa shape index (κ1) is 11.6. The molecule has 0 aliphatic heterocycles. The molecule has 19 heavy (non-hydrogen) atoms. The molecule has 1 aromatic carbocycles. The Bertz CT molecular complexity index is 745. The number of fused-ring (bicyclic) bond motifs is 1. The largest absolute Gasteiger partial charge is 0.312 e. The lowest BCUT2D eigenvalue weighted by molar-refractivity contribution is 0.555. The second-order valence-electron chi connectivity index (χ2n) is 4.59. The van der Waals surface area contributed by atoms with Crippen LogP contribution in [0.15, 0.2) is 47.8 Å². The van der Waals surface area contributed by atoms with Gasteiger partial charge in [-0.05, 0) is 18.9 Å². The monoisotopic (exact) mass is 254 g/mol. The van der Waals surface area contributed by atoms with Gasteiger partial charge in [-0.1, -0.05) is 30.3 Å². The van der Waals surface area contributed by atoms with Crippen molar-refractivity contribution in [3.05, 3.63) is 58.9 Å². The SMILES string of the molecule is CC(Cc1ccccc1)n1cnc2c(=O)[nH]cnc21. The van der Waals surface area contributed by atoms with Gasteiger partial charge in [-0.25, -0.2) is 9.97 Å². The Hall–Kier alpha value is -2.43. The van der Waals surface area contributed by atoms with Crippen molar-refractivity contribution in [3.8, 4) is 0 Å². The number of nitrogens with zero attached hydrogens (tertiary/aromatic N) is 3. The van der Waals surface area contributed by atoms with E-state index in [1.165, 1.54) is 11.9 Å². The van der Waals surface area contributed by atoms with Crippen molar-refractivity contribution in [2.24, 2.45) is 0 Å². The number of benzene rings is 1. The summed E-state index contributed by atoms with van der Waals surface area (Å²) in [4.78, 5) is 22.5. The number of aromatic amines is 1. The summed E-state index contributed by atoms with van der Waals surface area (Å²) in [6.07, 6.45) is 3.97. The van der Waals surface area contributed by atoms with Crippen molar-refractivity contribution < 1.29 is 0 Å². The average molecular weight is 254 g/mol. The molecule has 1 unspecified atom stereocenters.